The van der Waals surface area contributed by atoms with Gasteiger partial charge in [0, 0.05) is 24.6 Å². The van der Waals surface area contributed by atoms with Crippen LogP contribution in [0.25, 0.3) is 0 Å². The van der Waals surface area contributed by atoms with E-state index in [0.717, 1.165) is 5.56 Å². The first-order valence-electron chi connectivity index (χ1n) is 8.73. The van der Waals surface area contributed by atoms with Crippen LogP contribution in [0.2, 0.25) is 0 Å². The molecule has 0 atom stereocenters. The summed E-state index contributed by atoms with van der Waals surface area (Å²) < 4.78 is 20.6. The van der Waals surface area contributed by atoms with Gasteiger partial charge in [0.1, 0.15) is 12.3 Å². The molecule has 0 bridgehead atoms. The third-order valence-electron chi connectivity index (χ3n) is 4.37. The molecule has 0 spiro atoms. The maximum atomic E-state index is 12.8. The number of rotatable bonds is 8. The van der Waals surface area contributed by atoms with Gasteiger partial charge < -0.3 is 29.2 Å². The number of ether oxygens (including phenoxy) is 4. The molecule has 0 radical (unpaired) electrons. The monoisotopic (exact) mass is 390 g/mol. The molecule has 2 N–H and O–H groups in total. The number of aromatic nitrogens is 1. The molecule has 0 unspecified atom stereocenters. The molecule has 8 heteroatoms. The normalized spacial score (nSPS) is 10.5. The van der Waals surface area contributed by atoms with Gasteiger partial charge in [0.05, 0.1) is 26.4 Å². The molecule has 1 amide bonds. The topological polar surface area (TPSA) is 98.9 Å². The first-order chi connectivity index (χ1) is 13.3. The van der Waals surface area contributed by atoms with Crippen molar-refractivity contribution >= 4 is 17.6 Å². The van der Waals surface area contributed by atoms with Crippen molar-refractivity contribution < 1.29 is 28.5 Å². The van der Waals surface area contributed by atoms with Crippen LogP contribution in [0.15, 0.2) is 12.1 Å². The predicted molar refractivity (Wildman–Crippen MR) is 105 cm³/mol. The maximum Gasteiger partial charge on any atom is 0.340 e. The Balaban J connectivity index is 2.26. The molecule has 0 aliphatic rings. The lowest BCUT2D eigenvalue weighted by Crippen LogP contribution is -2.15. The standard InChI is InChI=1S/C20H26N2O6/c1-11-9-15(26-5)16(27-6)10-14(11)22-19(23)18-12(2)17(13(3)21-18)20(24)28-8-7-25-4/h9-10,21H,7-8H2,1-6H3,(H,22,23). The molecule has 0 saturated heterocycles. The van der Waals surface area contributed by atoms with Crippen molar-refractivity contribution in [2.45, 2.75) is 20.8 Å². The minimum atomic E-state index is -0.496. The van der Waals surface area contributed by atoms with Gasteiger partial charge in [0.2, 0.25) is 0 Å². The van der Waals surface area contributed by atoms with Crippen molar-refractivity contribution in [2.24, 2.45) is 0 Å². The summed E-state index contributed by atoms with van der Waals surface area (Å²) in [5.41, 5.74) is 3.13. The van der Waals surface area contributed by atoms with Gasteiger partial charge in [-0.2, -0.15) is 0 Å². The van der Waals surface area contributed by atoms with Gasteiger partial charge in [-0.3, -0.25) is 4.79 Å². The van der Waals surface area contributed by atoms with Crippen LogP contribution in [0.5, 0.6) is 11.5 Å². The molecule has 1 aromatic heterocycles. The molecule has 28 heavy (non-hydrogen) atoms. The van der Waals surface area contributed by atoms with E-state index in [0.29, 0.717) is 46.3 Å². The molecule has 0 fully saturated rings. The second-order valence-corrected chi connectivity index (χ2v) is 6.23. The van der Waals surface area contributed by atoms with E-state index in [-0.39, 0.29) is 12.5 Å². The number of carbonyl (C=O) groups is 2. The van der Waals surface area contributed by atoms with Crippen molar-refractivity contribution in [1.82, 2.24) is 4.98 Å². The quantitative estimate of drug-likeness (QED) is 0.531. The van der Waals surface area contributed by atoms with Gasteiger partial charge in [0.25, 0.3) is 5.91 Å². The molecule has 0 aliphatic carbocycles. The Morgan fingerprint density at radius 1 is 1.00 bits per heavy atom. The zero-order valence-electron chi connectivity index (χ0n) is 17.0. The fraction of sp³-hybridized carbons (Fsp3) is 0.400. The number of esters is 1. The molecule has 0 aliphatic heterocycles. The molecule has 152 valence electrons. The van der Waals surface area contributed by atoms with Crippen LogP contribution < -0.4 is 14.8 Å². The minimum Gasteiger partial charge on any atom is -0.493 e. The minimum absolute atomic E-state index is 0.145. The number of H-pyrrole nitrogens is 1. The second kappa shape index (κ2) is 9.27. The van der Waals surface area contributed by atoms with E-state index in [1.807, 2.05) is 6.92 Å². The summed E-state index contributed by atoms with van der Waals surface area (Å²) in [6.45, 7) is 5.72. The Kier molecular flexibility index (Phi) is 7.06. The van der Waals surface area contributed by atoms with Crippen LogP contribution in [0.4, 0.5) is 5.69 Å². The van der Waals surface area contributed by atoms with Gasteiger partial charge in [-0.1, -0.05) is 0 Å². The average Bonchev–Trinajstić information content (AvgIpc) is 2.97. The Labute approximate surface area is 164 Å². The van der Waals surface area contributed by atoms with Crippen molar-refractivity contribution in [1.29, 1.82) is 0 Å². The van der Waals surface area contributed by atoms with Gasteiger partial charge in [-0.05, 0) is 38.0 Å². The Hall–Kier alpha value is -3.00. The summed E-state index contributed by atoms with van der Waals surface area (Å²) in [6.07, 6.45) is 0. The van der Waals surface area contributed by atoms with E-state index >= 15 is 0 Å². The summed E-state index contributed by atoms with van der Waals surface area (Å²) in [5, 5.41) is 2.85. The molecular weight excluding hydrogens is 364 g/mol. The molecule has 0 saturated carbocycles. The highest BCUT2D eigenvalue weighted by Crippen LogP contribution is 2.33. The van der Waals surface area contributed by atoms with E-state index in [2.05, 4.69) is 10.3 Å². The highest BCUT2D eigenvalue weighted by atomic mass is 16.6. The van der Waals surface area contributed by atoms with E-state index in [9.17, 15) is 9.59 Å². The average molecular weight is 390 g/mol. The summed E-state index contributed by atoms with van der Waals surface area (Å²) in [4.78, 5) is 28.1. The number of hydrogen-bond donors (Lipinski definition) is 2. The van der Waals surface area contributed by atoms with Crippen LogP contribution in [0, 0.1) is 20.8 Å². The predicted octanol–water partition coefficient (Wildman–Crippen LogP) is 3.01. The Morgan fingerprint density at radius 2 is 1.64 bits per heavy atom. The van der Waals surface area contributed by atoms with E-state index in [4.69, 9.17) is 18.9 Å². The molecule has 2 rings (SSSR count). The highest BCUT2D eigenvalue weighted by molar-refractivity contribution is 6.07. The van der Waals surface area contributed by atoms with Crippen molar-refractivity contribution in [3.8, 4) is 11.5 Å². The summed E-state index contributed by atoms with van der Waals surface area (Å²) >= 11 is 0. The van der Waals surface area contributed by atoms with Crippen molar-refractivity contribution in [3.05, 3.63) is 40.2 Å². The Bertz CT molecular complexity index is 872. The third kappa shape index (κ3) is 4.45. The van der Waals surface area contributed by atoms with Gasteiger partial charge in [-0.15, -0.1) is 0 Å². The van der Waals surface area contributed by atoms with Gasteiger partial charge in [-0.25, -0.2) is 4.79 Å². The number of amides is 1. The van der Waals surface area contributed by atoms with Crippen molar-refractivity contribution in [3.63, 3.8) is 0 Å². The molecular formula is C20H26N2O6. The molecule has 8 nitrogen and oxygen atoms in total. The number of carbonyl (C=O) groups excluding carboxylic acids is 2. The largest absolute Gasteiger partial charge is 0.493 e. The second-order valence-electron chi connectivity index (χ2n) is 6.23. The number of benzene rings is 1. The first kappa shape index (κ1) is 21.3. The van der Waals surface area contributed by atoms with Crippen molar-refractivity contribution in [2.75, 3.05) is 39.9 Å². The SMILES string of the molecule is COCCOC(=O)c1c(C)[nH]c(C(=O)Nc2cc(OC)c(OC)cc2C)c1C. The lowest BCUT2D eigenvalue weighted by molar-refractivity contribution is 0.0387. The number of aryl methyl sites for hydroxylation is 2. The fourth-order valence-electron chi connectivity index (χ4n) is 2.87. The number of anilines is 1. The summed E-state index contributed by atoms with van der Waals surface area (Å²) in [7, 11) is 4.60. The maximum absolute atomic E-state index is 12.8. The zero-order chi connectivity index (χ0) is 20.8. The lowest BCUT2D eigenvalue weighted by atomic mass is 10.1. The number of aromatic amines is 1. The molecule has 1 heterocycles. The number of nitrogens with one attached hydrogen (secondary N) is 2. The van der Waals surface area contributed by atoms with Crippen LogP contribution >= 0.6 is 0 Å². The zero-order valence-corrected chi connectivity index (χ0v) is 17.0. The molecule has 2 aromatic rings. The third-order valence-corrected chi connectivity index (χ3v) is 4.37. The summed E-state index contributed by atoms with van der Waals surface area (Å²) in [6, 6.07) is 3.47. The lowest BCUT2D eigenvalue weighted by Gasteiger charge is -2.13. The van der Waals surface area contributed by atoms with Crippen LogP contribution in [0.3, 0.4) is 0 Å². The van der Waals surface area contributed by atoms with Crippen LogP contribution in [-0.2, 0) is 9.47 Å². The van der Waals surface area contributed by atoms with E-state index in [1.165, 1.54) is 14.2 Å². The first-order valence-corrected chi connectivity index (χ1v) is 8.73. The van der Waals surface area contributed by atoms with E-state index in [1.54, 1.807) is 33.1 Å². The van der Waals surface area contributed by atoms with Gasteiger partial charge in [0.15, 0.2) is 11.5 Å². The molecule has 1 aromatic carbocycles. The van der Waals surface area contributed by atoms with E-state index < -0.39 is 5.97 Å². The van der Waals surface area contributed by atoms with Crippen LogP contribution in [-0.4, -0.2) is 51.4 Å². The fourth-order valence-corrected chi connectivity index (χ4v) is 2.87. The Morgan fingerprint density at radius 3 is 2.25 bits per heavy atom. The van der Waals surface area contributed by atoms with Crippen LogP contribution in [0.1, 0.15) is 37.7 Å². The number of methoxy groups -OCH3 is 3. The van der Waals surface area contributed by atoms with Gasteiger partial charge >= 0.3 is 5.97 Å². The highest BCUT2D eigenvalue weighted by Gasteiger charge is 2.23. The number of hydrogen-bond acceptors (Lipinski definition) is 6. The summed E-state index contributed by atoms with van der Waals surface area (Å²) in [5.74, 6) is 0.215. The smallest absolute Gasteiger partial charge is 0.340 e.